The van der Waals surface area contributed by atoms with E-state index in [0.29, 0.717) is 0 Å². The maximum atomic E-state index is 9.47. The average molecular weight is 166 g/mol. The predicted octanol–water partition coefficient (Wildman–Crippen LogP) is -6.72. The minimum Gasteiger partial charge on any atom is -1.00 e. The molecule has 0 heterocycles. The topological polar surface area (TPSA) is 43.1 Å². The van der Waals surface area contributed by atoms with Gasteiger partial charge in [-0.2, -0.15) is 0 Å². The van der Waals surface area contributed by atoms with Gasteiger partial charge in [0.15, 0.2) is 0 Å². The molecule has 2 nitrogen and oxygen atoms in total. The van der Waals surface area contributed by atoms with E-state index in [9.17, 15) is 4.79 Å². The van der Waals surface area contributed by atoms with E-state index in [1.807, 2.05) is 0 Å². The number of amides is 1. The minimum atomic E-state index is -0.481. The van der Waals surface area contributed by atoms with E-state index in [1.54, 1.807) is 0 Å². The van der Waals surface area contributed by atoms with Crippen LogP contribution in [0.25, 0.3) is 0 Å². The first-order valence-electron chi connectivity index (χ1n) is 1.19. The van der Waals surface area contributed by atoms with Crippen molar-refractivity contribution in [1.29, 1.82) is 0 Å². The molecular weight excluding hydrogens is 161 g/mol. The van der Waals surface area contributed by atoms with Crippen molar-refractivity contribution in [3.8, 4) is 0 Å². The van der Waals surface area contributed by atoms with Gasteiger partial charge in [0.05, 0.1) is 0 Å². The molecule has 44 valence electrons. The van der Waals surface area contributed by atoms with Gasteiger partial charge in [0.1, 0.15) is 0 Å². The molecule has 0 radical (unpaired) electrons. The zero-order valence-electron chi connectivity index (χ0n) is 4.23. The van der Waals surface area contributed by atoms with Gasteiger partial charge in [0.2, 0.25) is 5.91 Å². The molecule has 0 aromatic heterocycles. The van der Waals surface area contributed by atoms with Gasteiger partial charge in [-0.3, -0.25) is 4.79 Å². The molecule has 5 heteroatoms. The maximum absolute atomic E-state index is 9.47. The Bertz CT molecular complexity index is 68.3. The van der Waals surface area contributed by atoms with Crippen LogP contribution in [0.15, 0.2) is 12.7 Å². The first-order valence-corrected chi connectivity index (χ1v) is 1.19. The second-order valence-electron chi connectivity index (χ2n) is 0.606. The van der Waals surface area contributed by atoms with Crippen molar-refractivity contribution in [3.05, 3.63) is 12.7 Å². The van der Waals surface area contributed by atoms with Crippen molar-refractivity contribution >= 4 is 29.0 Å². The first-order chi connectivity index (χ1) is 2.27. The fourth-order valence-corrected chi connectivity index (χ4v) is 0. The molecule has 1 amide bonds. The fourth-order valence-electron chi connectivity index (χ4n) is 0. The molecule has 0 saturated heterocycles. The number of halogens is 2. The molecule has 0 aliphatic heterocycles. The predicted molar refractivity (Wildman–Crippen MR) is 25.1 cm³/mol. The van der Waals surface area contributed by atoms with Crippen LogP contribution in [-0.2, 0) is 4.79 Å². The van der Waals surface area contributed by atoms with Crippen LogP contribution in [-0.4, -0.2) is 29.0 Å². The molecule has 0 aliphatic rings. The summed E-state index contributed by atoms with van der Waals surface area (Å²) in [5, 5.41) is 0. The summed E-state index contributed by atoms with van der Waals surface area (Å²) < 4.78 is 0. The Kier molecular flexibility index (Phi) is 46.0. The summed E-state index contributed by atoms with van der Waals surface area (Å²) in [6.07, 6.45) is 1.06. The van der Waals surface area contributed by atoms with Crippen LogP contribution in [0.4, 0.5) is 0 Å². The van der Waals surface area contributed by atoms with Crippen molar-refractivity contribution in [2.75, 3.05) is 0 Å². The molecule has 0 aromatic carbocycles. The monoisotopic (exact) mass is 165 g/mol. The number of hydrogen-bond acceptors (Lipinski definition) is 1. The van der Waals surface area contributed by atoms with Gasteiger partial charge < -0.3 is 30.5 Å². The number of carbonyl (C=O) groups is 1. The van der Waals surface area contributed by atoms with Crippen LogP contribution in [0.2, 0.25) is 0 Å². The molecule has 0 saturated carbocycles. The van der Waals surface area contributed by atoms with Crippen LogP contribution < -0.4 is 30.5 Å². The molecule has 8 heavy (non-hydrogen) atoms. The number of hydrogen-bond donors (Lipinski definition) is 1. The average Bonchev–Trinajstić information content (AvgIpc) is 1.38. The SMILES string of the molecule is C=CC(N)=O.[Cl-].[Cl-].[Mg+2]. The quantitative estimate of drug-likeness (QED) is 0.305. The Balaban J connectivity index is -0.0000000267. The maximum Gasteiger partial charge on any atom is 2.00 e. The third kappa shape index (κ3) is 31.0. The van der Waals surface area contributed by atoms with Crippen molar-refractivity contribution in [2.24, 2.45) is 5.73 Å². The molecular formula is C3H5Cl2MgNO. The Morgan fingerprint density at radius 2 is 1.62 bits per heavy atom. The number of primary amides is 1. The molecule has 0 atom stereocenters. The van der Waals surface area contributed by atoms with Crippen molar-refractivity contribution in [2.45, 2.75) is 0 Å². The van der Waals surface area contributed by atoms with Gasteiger partial charge in [-0.25, -0.2) is 0 Å². The van der Waals surface area contributed by atoms with Gasteiger partial charge in [-0.05, 0) is 6.08 Å². The largest absolute Gasteiger partial charge is 2.00 e. The van der Waals surface area contributed by atoms with E-state index in [-0.39, 0.29) is 47.9 Å². The summed E-state index contributed by atoms with van der Waals surface area (Å²) in [5.74, 6) is -0.481. The molecule has 0 aromatic rings. The second-order valence-corrected chi connectivity index (χ2v) is 0.606. The third-order valence-electron chi connectivity index (χ3n) is 0.201. The van der Waals surface area contributed by atoms with Crippen LogP contribution in [0, 0.1) is 0 Å². The van der Waals surface area contributed by atoms with Gasteiger partial charge in [-0.15, -0.1) is 0 Å². The Hall–Kier alpha value is 0.556. The van der Waals surface area contributed by atoms with Crippen molar-refractivity contribution in [1.82, 2.24) is 0 Å². The standard InChI is InChI=1S/C3H5NO.2ClH.Mg/c1-2-3(4)5;;;/h2H,1H2,(H2,4,5);2*1H;/q;;;+2/p-2. The van der Waals surface area contributed by atoms with Gasteiger partial charge in [0, 0.05) is 0 Å². The number of rotatable bonds is 1. The zero-order chi connectivity index (χ0) is 4.28. The molecule has 0 rings (SSSR count). The summed E-state index contributed by atoms with van der Waals surface area (Å²) in [7, 11) is 0. The fraction of sp³-hybridized carbons (Fsp3) is 0. The molecule has 0 fully saturated rings. The van der Waals surface area contributed by atoms with Crippen LogP contribution in [0.1, 0.15) is 0 Å². The molecule has 0 spiro atoms. The zero-order valence-corrected chi connectivity index (χ0v) is 7.16. The van der Waals surface area contributed by atoms with Gasteiger partial charge in [-0.1, -0.05) is 6.58 Å². The smallest absolute Gasteiger partial charge is 1.00 e. The second kappa shape index (κ2) is 15.6. The van der Waals surface area contributed by atoms with E-state index >= 15 is 0 Å². The van der Waals surface area contributed by atoms with E-state index in [0.717, 1.165) is 6.08 Å². The molecule has 0 bridgehead atoms. The molecule has 0 unspecified atom stereocenters. The van der Waals surface area contributed by atoms with E-state index in [4.69, 9.17) is 0 Å². The first kappa shape index (κ1) is 23.5. The Morgan fingerprint density at radius 3 is 1.62 bits per heavy atom. The van der Waals surface area contributed by atoms with Gasteiger partial charge in [0.25, 0.3) is 0 Å². The third-order valence-corrected chi connectivity index (χ3v) is 0.201. The minimum absolute atomic E-state index is 0. The van der Waals surface area contributed by atoms with E-state index < -0.39 is 5.91 Å². The van der Waals surface area contributed by atoms with Crippen molar-refractivity contribution in [3.63, 3.8) is 0 Å². The van der Waals surface area contributed by atoms with Gasteiger partial charge >= 0.3 is 23.1 Å². The van der Waals surface area contributed by atoms with Crippen molar-refractivity contribution < 1.29 is 29.6 Å². The molecule has 0 aliphatic carbocycles. The summed E-state index contributed by atoms with van der Waals surface area (Å²) >= 11 is 0. The number of nitrogens with two attached hydrogens (primary N) is 1. The van der Waals surface area contributed by atoms with Crippen LogP contribution in [0.3, 0.4) is 0 Å². The Labute approximate surface area is 76.9 Å². The summed E-state index contributed by atoms with van der Waals surface area (Å²) in [6.45, 7) is 3.09. The summed E-state index contributed by atoms with van der Waals surface area (Å²) in [5.41, 5.74) is 4.53. The normalized spacial score (nSPS) is 4.00. The molecule has 2 N–H and O–H groups in total. The van der Waals surface area contributed by atoms with Crippen LogP contribution >= 0.6 is 0 Å². The summed E-state index contributed by atoms with van der Waals surface area (Å²) in [6, 6.07) is 0. The summed E-state index contributed by atoms with van der Waals surface area (Å²) in [4.78, 5) is 9.47. The van der Waals surface area contributed by atoms with E-state index in [1.165, 1.54) is 0 Å². The van der Waals surface area contributed by atoms with Crippen LogP contribution in [0.5, 0.6) is 0 Å². The Morgan fingerprint density at radius 1 is 1.50 bits per heavy atom. The number of carbonyl (C=O) groups excluding carboxylic acids is 1. The van der Waals surface area contributed by atoms with E-state index in [2.05, 4.69) is 12.3 Å².